The molecular formula is C15H22BrNO2. The van der Waals surface area contributed by atoms with Gasteiger partial charge in [0.25, 0.3) is 0 Å². The first-order valence-electron chi connectivity index (χ1n) is 6.82. The Hall–Kier alpha value is -0.580. The highest BCUT2D eigenvalue weighted by molar-refractivity contribution is 9.10. The molecule has 2 atom stereocenters. The summed E-state index contributed by atoms with van der Waals surface area (Å²) in [5, 5.41) is 10.1. The molecule has 0 amide bonds. The molecule has 3 nitrogen and oxygen atoms in total. The highest BCUT2D eigenvalue weighted by Crippen LogP contribution is 2.27. The van der Waals surface area contributed by atoms with E-state index in [1.54, 1.807) is 7.11 Å². The van der Waals surface area contributed by atoms with Gasteiger partial charge in [-0.2, -0.15) is 0 Å². The molecule has 1 aromatic rings. The third kappa shape index (κ3) is 3.71. The first kappa shape index (κ1) is 14.8. The normalized spacial score (nSPS) is 23.6. The second kappa shape index (κ2) is 6.73. The molecule has 0 saturated heterocycles. The number of halogens is 1. The van der Waals surface area contributed by atoms with Gasteiger partial charge in [0.1, 0.15) is 5.75 Å². The molecule has 106 valence electrons. The summed E-state index contributed by atoms with van der Waals surface area (Å²) < 4.78 is 6.46. The fourth-order valence-corrected chi connectivity index (χ4v) is 3.27. The minimum Gasteiger partial charge on any atom is -0.496 e. The predicted octanol–water partition coefficient (Wildman–Crippen LogP) is 3.19. The summed E-state index contributed by atoms with van der Waals surface area (Å²) >= 11 is 3.50. The molecular weight excluding hydrogens is 306 g/mol. The fourth-order valence-electron chi connectivity index (χ4n) is 2.86. The molecule has 19 heavy (non-hydrogen) atoms. The van der Waals surface area contributed by atoms with Crippen LogP contribution in [0.2, 0.25) is 0 Å². The molecule has 0 radical (unpaired) electrons. The average Bonchev–Trinajstić information content (AvgIpc) is 2.39. The number of hydrogen-bond donors (Lipinski definition) is 1. The number of methoxy groups -OCH3 is 1. The lowest BCUT2D eigenvalue weighted by Crippen LogP contribution is -2.42. The smallest absolute Gasteiger partial charge is 0.123 e. The number of nitrogens with zero attached hydrogens (tertiary/aromatic N) is 1. The van der Waals surface area contributed by atoms with Crippen LogP contribution in [0.3, 0.4) is 0 Å². The van der Waals surface area contributed by atoms with Crippen molar-refractivity contribution < 1.29 is 9.84 Å². The third-order valence-corrected chi connectivity index (χ3v) is 4.42. The first-order chi connectivity index (χ1) is 9.11. The van der Waals surface area contributed by atoms with Crippen LogP contribution in [-0.4, -0.2) is 36.3 Å². The van der Waals surface area contributed by atoms with Crippen LogP contribution in [0.5, 0.6) is 5.75 Å². The van der Waals surface area contributed by atoms with Crippen LogP contribution in [0, 0.1) is 0 Å². The van der Waals surface area contributed by atoms with Gasteiger partial charge >= 0.3 is 0 Å². The summed E-state index contributed by atoms with van der Waals surface area (Å²) in [7, 11) is 3.78. The third-order valence-electron chi connectivity index (χ3n) is 3.92. The number of benzene rings is 1. The van der Waals surface area contributed by atoms with Gasteiger partial charge in [0.15, 0.2) is 0 Å². The standard InChI is InChI=1S/C15H22BrNO2/c1-17(13-5-3-4-6-14(13)18)10-11-9-12(16)7-8-15(11)19-2/h7-9,13-14,18H,3-6,10H2,1-2H3. The van der Waals surface area contributed by atoms with Crippen LogP contribution < -0.4 is 4.74 Å². The van der Waals surface area contributed by atoms with Crippen molar-refractivity contribution in [3.05, 3.63) is 28.2 Å². The summed E-state index contributed by atoms with van der Waals surface area (Å²) in [5.74, 6) is 0.903. The average molecular weight is 328 g/mol. The van der Waals surface area contributed by atoms with Gasteiger partial charge in [-0.15, -0.1) is 0 Å². The summed E-state index contributed by atoms with van der Waals surface area (Å²) in [6, 6.07) is 6.31. The number of likely N-dealkylation sites (N-methyl/N-ethyl adjacent to an activating group) is 1. The van der Waals surface area contributed by atoms with E-state index in [0.29, 0.717) is 0 Å². The van der Waals surface area contributed by atoms with Crippen molar-refractivity contribution in [2.24, 2.45) is 0 Å². The number of rotatable bonds is 4. The monoisotopic (exact) mass is 327 g/mol. The number of aliphatic hydroxyl groups excluding tert-OH is 1. The minimum absolute atomic E-state index is 0.197. The van der Waals surface area contributed by atoms with Crippen LogP contribution in [0.25, 0.3) is 0 Å². The van der Waals surface area contributed by atoms with E-state index < -0.39 is 0 Å². The SMILES string of the molecule is COc1ccc(Br)cc1CN(C)C1CCCCC1O. The van der Waals surface area contributed by atoms with Gasteiger partial charge in [-0.1, -0.05) is 28.8 Å². The molecule has 1 aliphatic rings. The van der Waals surface area contributed by atoms with Crippen LogP contribution in [0.1, 0.15) is 31.2 Å². The molecule has 1 N–H and O–H groups in total. The van der Waals surface area contributed by atoms with Gasteiger partial charge in [0.05, 0.1) is 13.2 Å². The van der Waals surface area contributed by atoms with Crippen molar-refractivity contribution in [1.82, 2.24) is 4.90 Å². The lowest BCUT2D eigenvalue weighted by atomic mass is 9.91. The molecule has 1 aromatic carbocycles. The highest BCUT2D eigenvalue weighted by atomic mass is 79.9. The van der Waals surface area contributed by atoms with E-state index in [-0.39, 0.29) is 12.1 Å². The maximum atomic E-state index is 10.1. The van der Waals surface area contributed by atoms with Crippen molar-refractivity contribution in [3.63, 3.8) is 0 Å². The maximum Gasteiger partial charge on any atom is 0.123 e. The van der Waals surface area contributed by atoms with E-state index >= 15 is 0 Å². The molecule has 2 rings (SSSR count). The highest BCUT2D eigenvalue weighted by Gasteiger charge is 2.26. The lowest BCUT2D eigenvalue weighted by molar-refractivity contribution is 0.0285. The van der Waals surface area contributed by atoms with E-state index in [0.717, 1.165) is 41.6 Å². The van der Waals surface area contributed by atoms with Gasteiger partial charge in [-0.3, -0.25) is 4.90 Å². The van der Waals surface area contributed by atoms with E-state index in [4.69, 9.17) is 4.74 Å². The molecule has 1 aliphatic carbocycles. The summed E-state index contributed by atoms with van der Waals surface area (Å²) in [5.41, 5.74) is 1.15. The Labute approximate surface area is 123 Å². The van der Waals surface area contributed by atoms with Crippen LogP contribution in [0.15, 0.2) is 22.7 Å². The van der Waals surface area contributed by atoms with Gasteiger partial charge in [-0.25, -0.2) is 0 Å². The van der Waals surface area contributed by atoms with Gasteiger partial charge in [0, 0.05) is 22.6 Å². The largest absolute Gasteiger partial charge is 0.496 e. The van der Waals surface area contributed by atoms with Gasteiger partial charge < -0.3 is 9.84 Å². The first-order valence-corrected chi connectivity index (χ1v) is 7.62. The van der Waals surface area contributed by atoms with E-state index in [2.05, 4.69) is 33.9 Å². The molecule has 0 aromatic heterocycles. The molecule has 1 saturated carbocycles. The lowest BCUT2D eigenvalue weighted by Gasteiger charge is -2.35. The van der Waals surface area contributed by atoms with Crippen molar-refractivity contribution >= 4 is 15.9 Å². The predicted molar refractivity (Wildman–Crippen MR) is 80.4 cm³/mol. The van der Waals surface area contributed by atoms with Crippen LogP contribution >= 0.6 is 15.9 Å². The Balaban J connectivity index is 2.09. The minimum atomic E-state index is -0.197. The van der Waals surface area contributed by atoms with E-state index in [1.807, 2.05) is 12.1 Å². The van der Waals surface area contributed by atoms with Crippen molar-refractivity contribution in [2.75, 3.05) is 14.2 Å². The molecule has 4 heteroatoms. The second-order valence-electron chi connectivity index (χ2n) is 5.29. The number of hydrogen-bond acceptors (Lipinski definition) is 3. The van der Waals surface area contributed by atoms with Crippen LogP contribution in [-0.2, 0) is 6.54 Å². The fraction of sp³-hybridized carbons (Fsp3) is 0.600. The number of ether oxygens (including phenoxy) is 1. The zero-order chi connectivity index (χ0) is 13.8. The molecule has 0 spiro atoms. The summed E-state index contributed by atoms with van der Waals surface area (Å²) in [6.45, 7) is 0.796. The topological polar surface area (TPSA) is 32.7 Å². The zero-order valence-electron chi connectivity index (χ0n) is 11.6. The molecule has 0 aliphatic heterocycles. The summed E-state index contributed by atoms with van der Waals surface area (Å²) in [4.78, 5) is 2.24. The molecule has 0 heterocycles. The van der Waals surface area contributed by atoms with Gasteiger partial charge in [-0.05, 0) is 38.1 Å². The summed E-state index contributed by atoms with van der Waals surface area (Å²) in [6.07, 6.45) is 4.16. The Morgan fingerprint density at radius 1 is 1.37 bits per heavy atom. The zero-order valence-corrected chi connectivity index (χ0v) is 13.2. The number of aliphatic hydroxyl groups is 1. The van der Waals surface area contributed by atoms with Crippen molar-refractivity contribution in [1.29, 1.82) is 0 Å². The molecule has 2 unspecified atom stereocenters. The Morgan fingerprint density at radius 2 is 2.11 bits per heavy atom. The quantitative estimate of drug-likeness (QED) is 0.921. The Morgan fingerprint density at radius 3 is 2.79 bits per heavy atom. The Bertz CT molecular complexity index is 425. The second-order valence-corrected chi connectivity index (χ2v) is 6.21. The maximum absolute atomic E-state index is 10.1. The molecule has 0 bridgehead atoms. The van der Waals surface area contributed by atoms with Crippen LogP contribution in [0.4, 0.5) is 0 Å². The van der Waals surface area contributed by atoms with E-state index in [1.165, 1.54) is 6.42 Å². The van der Waals surface area contributed by atoms with Crippen molar-refractivity contribution in [3.8, 4) is 5.75 Å². The molecule has 1 fully saturated rings. The van der Waals surface area contributed by atoms with E-state index in [9.17, 15) is 5.11 Å². The van der Waals surface area contributed by atoms with Gasteiger partial charge in [0.2, 0.25) is 0 Å². The Kier molecular flexibility index (Phi) is 5.25. The van der Waals surface area contributed by atoms with Crippen molar-refractivity contribution in [2.45, 2.75) is 44.4 Å².